The second kappa shape index (κ2) is 34.6. The Morgan fingerprint density at radius 2 is 1.06 bits per heavy atom. The van der Waals surface area contributed by atoms with Gasteiger partial charge >= 0.3 is 19.8 Å². The van der Waals surface area contributed by atoms with Crippen LogP contribution in [-0.4, -0.2) is 65.7 Å². The molecule has 49 heavy (non-hydrogen) atoms. The van der Waals surface area contributed by atoms with Gasteiger partial charge in [0, 0.05) is 12.8 Å². The zero-order valence-electron chi connectivity index (χ0n) is 30.7. The van der Waals surface area contributed by atoms with Crippen molar-refractivity contribution in [2.45, 2.75) is 167 Å². The van der Waals surface area contributed by atoms with E-state index in [9.17, 15) is 24.2 Å². The highest BCUT2D eigenvalue weighted by Gasteiger charge is 2.27. The van der Waals surface area contributed by atoms with Gasteiger partial charge in [-0.1, -0.05) is 127 Å². The van der Waals surface area contributed by atoms with Crippen LogP contribution in [0.25, 0.3) is 0 Å². The highest BCUT2D eigenvalue weighted by Crippen LogP contribution is 2.43. The number of aliphatic hydroxyl groups excluding tert-OH is 2. The van der Waals surface area contributed by atoms with E-state index in [1.165, 1.54) is 57.8 Å². The largest absolute Gasteiger partial charge is 0.472 e. The minimum Gasteiger partial charge on any atom is -0.462 e. The first-order valence-electron chi connectivity index (χ1n) is 18.9. The van der Waals surface area contributed by atoms with Gasteiger partial charge in [-0.2, -0.15) is 0 Å². The lowest BCUT2D eigenvalue weighted by Crippen LogP contribution is -2.29. The number of unbranched alkanes of at least 4 members (excludes halogenated alkanes) is 15. The van der Waals surface area contributed by atoms with Crippen molar-refractivity contribution in [1.29, 1.82) is 0 Å². The quantitative estimate of drug-likeness (QED) is 0.0251. The molecule has 0 aromatic rings. The number of allylic oxidation sites excluding steroid dienone is 6. The summed E-state index contributed by atoms with van der Waals surface area (Å²) in [6.07, 6.45) is 32.6. The Labute approximate surface area is 297 Å². The summed E-state index contributed by atoms with van der Waals surface area (Å²) in [4.78, 5) is 34.7. The van der Waals surface area contributed by atoms with Gasteiger partial charge in [-0.05, 0) is 51.4 Å². The highest BCUT2D eigenvalue weighted by molar-refractivity contribution is 7.47. The fourth-order valence-corrected chi connectivity index (χ4v) is 5.61. The standard InChI is InChI=1S/C38H69O10P/c1-3-5-7-9-11-13-14-15-16-17-18-19-20-22-23-25-27-29-37(41)45-33-36(34-47-49(43,44)46-32-35(40)31-39)48-38(42)30-28-26-24-21-12-10-8-6-4-2/h11,13,15-16,18-19,35-36,39-40H,3-10,12,14,17,20-34H2,1-2H3,(H,43,44)/b13-11+,16-15+,19-18+/t35-,36+/m1/s1. The van der Waals surface area contributed by atoms with E-state index >= 15 is 0 Å². The minimum atomic E-state index is -4.61. The zero-order valence-corrected chi connectivity index (χ0v) is 31.5. The monoisotopic (exact) mass is 716 g/mol. The number of hydrogen-bond donors (Lipinski definition) is 3. The van der Waals surface area contributed by atoms with E-state index in [1.54, 1.807) is 0 Å². The second-order valence-corrected chi connectivity index (χ2v) is 14.1. The normalized spacial score (nSPS) is 14.5. The Balaban J connectivity index is 4.36. The molecule has 0 rings (SSSR count). The Morgan fingerprint density at radius 3 is 1.63 bits per heavy atom. The molecule has 11 heteroatoms. The molecule has 0 aliphatic heterocycles. The number of carbonyl (C=O) groups excluding carboxylic acids is 2. The summed E-state index contributed by atoms with van der Waals surface area (Å²) in [6, 6.07) is 0. The molecule has 10 nitrogen and oxygen atoms in total. The van der Waals surface area contributed by atoms with E-state index in [0.29, 0.717) is 12.8 Å². The van der Waals surface area contributed by atoms with E-state index in [0.717, 1.165) is 57.8 Å². The lowest BCUT2D eigenvalue weighted by Gasteiger charge is -2.20. The van der Waals surface area contributed by atoms with Gasteiger partial charge in [0.2, 0.25) is 0 Å². The van der Waals surface area contributed by atoms with Gasteiger partial charge in [-0.3, -0.25) is 18.6 Å². The third-order valence-electron chi connectivity index (χ3n) is 7.80. The van der Waals surface area contributed by atoms with Crippen LogP contribution in [-0.2, 0) is 32.7 Å². The third kappa shape index (κ3) is 34.4. The lowest BCUT2D eigenvalue weighted by molar-refractivity contribution is -0.161. The maximum absolute atomic E-state index is 12.5. The van der Waals surface area contributed by atoms with Crippen molar-refractivity contribution in [3.63, 3.8) is 0 Å². The molecular weight excluding hydrogens is 647 g/mol. The Hall–Kier alpha value is -1.81. The molecule has 3 N–H and O–H groups in total. The van der Waals surface area contributed by atoms with Gasteiger partial charge in [0.1, 0.15) is 12.7 Å². The van der Waals surface area contributed by atoms with Gasteiger partial charge in [-0.15, -0.1) is 0 Å². The average molecular weight is 717 g/mol. The van der Waals surface area contributed by atoms with Crippen molar-refractivity contribution >= 4 is 19.8 Å². The number of rotatable bonds is 35. The number of aliphatic hydroxyl groups is 2. The molecule has 0 bridgehead atoms. The number of hydrogen-bond acceptors (Lipinski definition) is 9. The molecule has 0 radical (unpaired) electrons. The molecule has 1 unspecified atom stereocenters. The fraction of sp³-hybridized carbons (Fsp3) is 0.789. The molecule has 3 atom stereocenters. The van der Waals surface area contributed by atoms with Crippen molar-refractivity contribution in [1.82, 2.24) is 0 Å². The topological polar surface area (TPSA) is 149 Å². The van der Waals surface area contributed by atoms with E-state index in [1.807, 2.05) is 0 Å². The first-order chi connectivity index (χ1) is 23.7. The first-order valence-corrected chi connectivity index (χ1v) is 20.4. The van der Waals surface area contributed by atoms with Crippen molar-refractivity contribution in [2.75, 3.05) is 26.4 Å². The Bertz CT molecular complexity index is 920. The SMILES string of the molecule is CCCCC/C=C/C/C=C/C/C=C/CCCCCCC(=O)OC[C@@H](COP(=O)(O)OC[C@H](O)CO)OC(=O)CCCCCCCCCCC. The van der Waals surface area contributed by atoms with Crippen molar-refractivity contribution in [2.24, 2.45) is 0 Å². The minimum absolute atomic E-state index is 0.180. The molecule has 0 fully saturated rings. The van der Waals surface area contributed by atoms with Crippen molar-refractivity contribution in [3.8, 4) is 0 Å². The fourth-order valence-electron chi connectivity index (χ4n) is 4.82. The third-order valence-corrected chi connectivity index (χ3v) is 8.75. The number of ether oxygens (including phenoxy) is 2. The molecule has 0 aliphatic rings. The maximum atomic E-state index is 12.5. The van der Waals surface area contributed by atoms with Crippen LogP contribution < -0.4 is 0 Å². The van der Waals surface area contributed by atoms with Crippen LogP contribution in [0.3, 0.4) is 0 Å². The van der Waals surface area contributed by atoms with Crippen molar-refractivity contribution < 1.29 is 47.8 Å². The maximum Gasteiger partial charge on any atom is 0.472 e. The predicted molar refractivity (Wildman–Crippen MR) is 196 cm³/mol. The van der Waals surface area contributed by atoms with E-state index < -0.39 is 51.8 Å². The van der Waals surface area contributed by atoms with Crippen LogP contribution in [0.5, 0.6) is 0 Å². The summed E-state index contributed by atoms with van der Waals surface area (Å²) in [5, 5.41) is 18.2. The summed E-state index contributed by atoms with van der Waals surface area (Å²) in [5.41, 5.74) is 0. The lowest BCUT2D eigenvalue weighted by atomic mass is 10.1. The highest BCUT2D eigenvalue weighted by atomic mass is 31.2. The van der Waals surface area contributed by atoms with Crippen LogP contribution in [0.1, 0.15) is 155 Å². The van der Waals surface area contributed by atoms with Crippen molar-refractivity contribution in [3.05, 3.63) is 36.5 Å². The summed E-state index contributed by atoms with van der Waals surface area (Å²) >= 11 is 0. The van der Waals surface area contributed by atoms with Crippen LogP contribution in [0.2, 0.25) is 0 Å². The van der Waals surface area contributed by atoms with Crippen LogP contribution in [0, 0.1) is 0 Å². The van der Waals surface area contributed by atoms with E-state index in [-0.39, 0.29) is 19.4 Å². The number of phosphoric acid groups is 1. The molecule has 0 aromatic carbocycles. The molecule has 0 spiro atoms. The van der Waals surface area contributed by atoms with Crippen LogP contribution in [0.4, 0.5) is 0 Å². The van der Waals surface area contributed by atoms with E-state index in [2.05, 4.69) is 54.8 Å². The molecule has 0 heterocycles. The molecule has 0 aromatic heterocycles. The molecule has 0 amide bonds. The molecular formula is C38H69O10P. The number of esters is 2. The zero-order chi connectivity index (χ0) is 36.3. The van der Waals surface area contributed by atoms with Gasteiger partial charge in [0.25, 0.3) is 0 Å². The molecule has 0 saturated heterocycles. The predicted octanol–water partition coefficient (Wildman–Crippen LogP) is 9.22. The van der Waals surface area contributed by atoms with Gasteiger partial charge in [0.05, 0.1) is 19.8 Å². The summed E-state index contributed by atoms with van der Waals surface area (Å²) in [5.74, 6) is -0.954. The molecule has 0 saturated carbocycles. The summed E-state index contributed by atoms with van der Waals surface area (Å²) in [7, 11) is -4.61. The number of carbonyl (C=O) groups is 2. The van der Waals surface area contributed by atoms with Gasteiger partial charge < -0.3 is 24.6 Å². The molecule has 0 aliphatic carbocycles. The van der Waals surface area contributed by atoms with Gasteiger partial charge in [0.15, 0.2) is 6.10 Å². The summed E-state index contributed by atoms with van der Waals surface area (Å²) < 4.78 is 32.5. The van der Waals surface area contributed by atoms with Crippen LogP contribution in [0.15, 0.2) is 36.5 Å². The van der Waals surface area contributed by atoms with Gasteiger partial charge in [-0.25, -0.2) is 4.57 Å². The summed E-state index contributed by atoms with van der Waals surface area (Å²) in [6.45, 7) is 2.28. The molecule has 286 valence electrons. The Kier molecular flexibility index (Phi) is 33.4. The van der Waals surface area contributed by atoms with Crippen LogP contribution >= 0.6 is 7.82 Å². The number of phosphoric ester groups is 1. The second-order valence-electron chi connectivity index (χ2n) is 12.6. The first kappa shape index (κ1) is 47.2. The average Bonchev–Trinajstić information content (AvgIpc) is 3.09. The van der Waals surface area contributed by atoms with E-state index in [4.69, 9.17) is 19.1 Å². The Morgan fingerprint density at radius 1 is 0.612 bits per heavy atom. The smallest absolute Gasteiger partial charge is 0.462 e.